The molecule has 0 aliphatic heterocycles. The molecule has 0 unspecified atom stereocenters. The van der Waals surface area contributed by atoms with Crippen LogP contribution in [0, 0.1) is 6.07 Å². The van der Waals surface area contributed by atoms with Gasteiger partial charge in [-0.1, -0.05) is 23.2 Å². The number of hydrogen-bond donors (Lipinski definition) is 0. The molecule has 1 rings (SSSR count). The van der Waals surface area contributed by atoms with Crippen LogP contribution in [0.1, 0.15) is 5.56 Å². The summed E-state index contributed by atoms with van der Waals surface area (Å²) in [6.07, 6.45) is -4.49. The van der Waals surface area contributed by atoms with Crippen LogP contribution < -0.4 is 0 Å². The van der Waals surface area contributed by atoms with Gasteiger partial charge in [-0.05, 0) is 6.07 Å². The van der Waals surface area contributed by atoms with Gasteiger partial charge >= 0.3 is 6.18 Å². The lowest BCUT2D eigenvalue weighted by atomic mass is 10.3. The molecule has 0 amide bonds. The molecule has 0 spiro atoms. The van der Waals surface area contributed by atoms with E-state index < -0.39 is 16.9 Å². The van der Waals surface area contributed by atoms with Crippen LogP contribution in [0.15, 0.2) is 6.07 Å². The molecule has 6 heteroatoms. The van der Waals surface area contributed by atoms with E-state index in [9.17, 15) is 13.2 Å². The summed E-state index contributed by atoms with van der Waals surface area (Å²) in [5.41, 5.74) is -1.02. The van der Waals surface area contributed by atoms with Crippen LogP contribution >= 0.6 is 23.2 Å². The lowest BCUT2D eigenvalue weighted by Gasteiger charge is -2.05. The summed E-state index contributed by atoms with van der Waals surface area (Å²) in [4.78, 5) is 3.32. The van der Waals surface area contributed by atoms with E-state index in [0.29, 0.717) is 6.07 Å². The SMILES string of the molecule is FC(F)(F)c1[c]c(Cl)nc(Cl)c1. The average Bonchev–Trinajstić information content (AvgIpc) is 1.82. The molecule has 0 aromatic carbocycles. The van der Waals surface area contributed by atoms with Gasteiger partial charge in [-0.2, -0.15) is 13.2 Å². The Morgan fingerprint density at radius 1 is 1.33 bits per heavy atom. The molecule has 0 fully saturated rings. The van der Waals surface area contributed by atoms with Crippen molar-refractivity contribution in [2.45, 2.75) is 6.18 Å². The largest absolute Gasteiger partial charge is 0.417 e. The lowest BCUT2D eigenvalue weighted by Crippen LogP contribution is -2.05. The van der Waals surface area contributed by atoms with Crippen molar-refractivity contribution in [3.05, 3.63) is 28.0 Å². The van der Waals surface area contributed by atoms with Gasteiger partial charge < -0.3 is 0 Å². The van der Waals surface area contributed by atoms with Crippen molar-refractivity contribution in [3.8, 4) is 0 Å². The van der Waals surface area contributed by atoms with Gasteiger partial charge in [-0.25, -0.2) is 4.98 Å². The van der Waals surface area contributed by atoms with Crippen molar-refractivity contribution in [2.24, 2.45) is 0 Å². The molecule has 0 saturated heterocycles. The second-order valence-electron chi connectivity index (χ2n) is 1.91. The van der Waals surface area contributed by atoms with Gasteiger partial charge in [0.2, 0.25) is 0 Å². The lowest BCUT2D eigenvalue weighted by molar-refractivity contribution is -0.137. The van der Waals surface area contributed by atoms with Gasteiger partial charge in [-0.3, -0.25) is 0 Å². The fraction of sp³-hybridized carbons (Fsp3) is 0.167. The molecule has 0 N–H and O–H groups in total. The zero-order chi connectivity index (χ0) is 9.35. The first-order chi connectivity index (χ1) is 5.39. The normalized spacial score (nSPS) is 11.8. The second kappa shape index (κ2) is 3.11. The molecule has 1 heterocycles. The van der Waals surface area contributed by atoms with Gasteiger partial charge in [0.1, 0.15) is 10.3 Å². The maximum atomic E-state index is 12.0. The maximum Gasteiger partial charge on any atom is 0.417 e. The monoisotopic (exact) mass is 214 g/mol. The Morgan fingerprint density at radius 2 is 1.92 bits per heavy atom. The van der Waals surface area contributed by atoms with Crippen molar-refractivity contribution in [1.82, 2.24) is 4.98 Å². The van der Waals surface area contributed by atoms with Gasteiger partial charge in [-0.15, -0.1) is 0 Å². The molecule has 1 aromatic rings. The van der Waals surface area contributed by atoms with Crippen LogP contribution in [0.5, 0.6) is 0 Å². The van der Waals surface area contributed by atoms with E-state index in [4.69, 9.17) is 23.2 Å². The van der Waals surface area contributed by atoms with Crippen LogP contribution in [-0.2, 0) is 6.18 Å². The molecule has 1 aromatic heterocycles. The van der Waals surface area contributed by atoms with Crippen LogP contribution in [0.2, 0.25) is 10.3 Å². The first-order valence-electron chi connectivity index (χ1n) is 2.72. The number of pyridine rings is 1. The van der Waals surface area contributed by atoms with E-state index in [1.165, 1.54) is 0 Å². The standard InChI is InChI=1S/C6HCl2F3N/c7-4-1-3(6(9,10)11)2-5(8)12-4/h1H. The van der Waals surface area contributed by atoms with Crippen molar-refractivity contribution < 1.29 is 13.2 Å². The molecule has 0 aliphatic carbocycles. The summed E-state index contributed by atoms with van der Waals surface area (Å²) in [6, 6.07) is 2.49. The molecule has 65 valence electrons. The number of alkyl halides is 3. The quantitative estimate of drug-likeness (QED) is 0.605. The predicted octanol–water partition coefficient (Wildman–Crippen LogP) is 3.21. The third kappa shape index (κ3) is 2.25. The first-order valence-corrected chi connectivity index (χ1v) is 3.48. The van der Waals surface area contributed by atoms with Crippen LogP contribution in [-0.4, -0.2) is 4.98 Å². The zero-order valence-electron chi connectivity index (χ0n) is 5.41. The smallest absolute Gasteiger partial charge is 0.224 e. The summed E-state index contributed by atoms with van der Waals surface area (Å²) in [5, 5.41) is -0.694. The Labute approximate surface area is 76.1 Å². The third-order valence-corrected chi connectivity index (χ3v) is 1.38. The Morgan fingerprint density at radius 3 is 2.33 bits per heavy atom. The Hall–Kier alpha value is -0.480. The highest BCUT2D eigenvalue weighted by Crippen LogP contribution is 2.31. The molecule has 1 nitrogen and oxygen atoms in total. The summed E-state index contributed by atoms with van der Waals surface area (Å²) in [7, 11) is 0. The Balaban J connectivity index is 3.18. The van der Waals surface area contributed by atoms with E-state index in [-0.39, 0.29) is 5.15 Å². The Kier molecular flexibility index (Phi) is 2.49. The number of rotatable bonds is 0. The first kappa shape index (κ1) is 9.61. The van der Waals surface area contributed by atoms with E-state index in [2.05, 4.69) is 4.98 Å². The average molecular weight is 215 g/mol. The predicted molar refractivity (Wildman–Crippen MR) is 38.1 cm³/mol. The highest BCUT2D eigenvalue weighted by molar-refractivity contribution is 6.32. The fourth-order valence-electron chi connectivity index (χ4n) is 0.573. The van der Waals surface area contributed by atoms with Crippen molar-refractivity contribution >= 4 is 23.2 Å². The van der Waals surface area contributed by atoms with E-state index in [1.807, 2.05) is 6.07 Å². The molecule has 0 aliphatic rings. The van der Waals surface area contributed by atoms with Crippen molar-refractivity contribution in [2.75, 3.05) is 0 Å². The van der Waals surface area contributed by atoms with Gasteiger partial charge in [0, 0.05) is 6.07 Å². The molecule has 0 bridgehead atoms. The molecular weight excluding hydrogens is 214 g/mol. The summed E-state index contributed by atoms with van der Waals surface area (Å²) >= 11 is 10.4. The van der Waals surface area contributed by atoms with E-state index >= 15 is 0 Å². The van der Waals surface area contributed by atoms with Crippen molar-refractivity contribution in [1.29, 1.82) is 0 Å². The molecule has 0 atom stereocenters. The molecule has 12 heavy (non-hydrogen) atoms. The van der Waals surface area contributed by atoms with Gasteiger partial charge in [0.15, 0.2) is 0 Å². The van der Waals surface area contributed by atoms with E-state index in [0.717, 1.165) is 0 Å². The summed E-state index contributed by atoms with van der Waals surface area (Å²) in [5.74, 6) is 0. The number of aromatic nitrogens is 1. The van der Waals surface area contributed by atoms with Crippen LogP contribution in [0.25, 0.3) is 0 Å². The minimum absolute atomic E-state index is 0.300. The van der Waals surface area contributed by atoms with Crippen LogP contribution in [0.4, 0.5) is 13.2 Å². The zero-order valence-corrected chi connectivity index (χ0v) is 6.93. The number of halogens is 5. The third-order valence-electron chi connectivity index (χ3n) is 1.01. The molecular formula is C6HCl2F3N. The fourth-order valence-corrected chi connectivity index (χ4v) is 1.00. The van der Waals surface area contributed by atoms with Gasteiger partial charge in [0.05, 0.1) is 5.56 Å². The number of hydrogen-bond acceptors (Lipinski definition) is 1. The molecule has 1 radical (unpaired) electrons. The minimum atomic E-state index is -4.49. The summed E-state index contributed by atoms with van der Waals surface area (Å²) in [6.45, 7) is 0. The number of nitrogens with zero attached hydrogens (tertiary/aromatic N) is 1. The van der Waals surface area contributed by atoms with E-state index in [1.54, 1.807) is 0 Å². The maximum absolute atomic E-state index is 12.0. The molecule has 0 saturated carbocycles. The van der Waals surface area contributed by atoms with Crippen molar-refractivity contribution in [3.63, 3.8) is 0 Å². The Bertz CT molecular complexity index is 277. The van der Waals surface area contributed by atoms with Crippen LogP contribution in [0.3, 0.4) is 0 Å². The highest BCUT2D eigenvalue weighted by Gasteiger charge is 2.31. The highest BCUT2D eigenvalue weighted by atomic mass is 35.5. The summed E-state index contributed by atoms with van der Waals surface area (Å²) < 4.78 is 35.9. The van der Waals surface area contributed by atoms with Gasteiger partial charge in [0.25, 0.3) is 0 Å². The second-order valence-corrected chi connectivity index (χ2v) is 2.65. The topological polar surface area (TPSA) is 12.9 Å². The minimum Gasteiger partial charge on any atom is -0.224 e.